The predicted molar refractivity (Wildman–Crippen MR) is 106 cm³/mol. The second-order valence-corrected chi connectivity index (χ2v) is 7.44. The molecule has 0 saturated carbocycles. The second kappa shape index (κ2) is 7.94. The molecule has 0 aliphatic carbocycles. The maximum Gasteiger partial charge on any atom is 0.251 e. The molecule has 1 fully saturated rings. The van der Waals surface area contributed by atoms with Gasteiger partial charge in [0.05, 0.1) is 6.04 Å². The van der Waals surface area contributed by atoms with Crippen molar-refractivity contribution in [2.24, 2.45) is 0 Å². The lowest BCUT2D eigenvalue weighted by Gasteiger charge is -2.14. The van der Waals surface area contributed by atoms with Crippen LogP contribution >= 0.6 is 0 Å². The number of amides is 1. The molecule has 1 aliphatic rings. The van der Waals surface area contributed by atoms with Crippen LogP contribution in [0.25, 0.3) is 0 Å². The van der Waals surface area contributed by atoms with Crippen LogP contribution in [-0.2, 0) is 6.42 Å². The van der Waals surface area contributed by atoms with Crippen LogP contribution in [0, 0.1) is 6.92 Å². The van der Waals surface area contributed by atoms with Gasteiger partial charge in [0.15, 0.2) is 5.82 Å². The van der Waals surface area contributed by atoms with Crippen molar-refractivity contribution < 1.29 is 9.32 Å². The fourth-order valence-electron chi connectivity index (χ4n) is 3.62. The number of hydrogen-bond acceptors (Lipinski definition) is 5. The van der Waals surface area contributed by atoms with E-state index in [1.807, 2.05) is 68.6 Å². The van der Waals surface area contributed by atoms with E-state index in [2.05, 4.69) is 20.4 Å². The second-order valence-electron chi connectivity index (χ2n) is 7.44. The number of rotatable bonds is 5. The molecule has 144 valence electrons. The minimum absolute atomic E-state index is 0.0142. The number of carbonyl (C=O) groups is 1. The van der Waals surface area contributed by atoms with E-state index in [1.54, 1.807) is 0 Å². The number of likely N-dealkylation sites (N-methyl/N-ethyl adjacent to an activating group) is 1. The van der Waals surface area contributed by atoms with Gasteiger partial charge in [0.25, 0.3) is 5.91 Å². The molecule has 0 bridgehead atoms. The predicted octanol–water partition coefficient (Wildman–Crippen LogP) is 3.14. The van der Waals surface area contributed by atoms with E-state index >= 15 is 0 Å². The van der Waals surface area contributed by atoms with E-state index in [-0.39, 0.29) is 18.0 Å². The summed E-state index contributed by atoms with van der Waals surface area (Å²) in [5.41, 5.74) is 2.97. The van der Waals surface area contributed by atoms with Gasteiger partial charge in [-0.2, -0.15) is 4.98 Å². The van der Waals surface area contributed by atoms with Gasteiger partial charge in [0.1, 0.15) is 0 Å². The van der Waals surface area contributed by atoms with E-state index in [0.717, 1.165) is 24.1 Å². The highest BCUT2D eigenvalue weighted by molar-refractivity contribution is 5.94. The Kier molecular flexibility index (Phi) is 5.21. The summed E-state index contributed by atoms with van der Waals surface area (Å²) in [7, 11) is 2.02. The van der Waals surface area contributed by atoms with Crippen LogP contribution in [0.1, 0.15) is 45.7 Å². The van der Waals surface area contributed by atoms with Gasteiger partial charge in [-0.15, -0.1) is 0 Å². The minimum atomic E-state index is -0.0469. The summed E-state index contributed by atoms with van der Waals surface area (Å²) in [5.74, 6) is 1.25. The van der Waals surface area contributed by atoms with Crippen molar-refractivity contribution in [3.63, 3.8) is 0 Å². The molecule has 6 heteroatoms. The van der Waals surface area contributed by atoms with Gasteiger partial charge in [-0.05, 0) is 38.1 Å². The highest BCUT2D eigenvalue weighted by atomic mass is 16.5. The van der Waals surface area contributed by atoms with Gasteiger partial charge in [0, 0.05) is 24.6 Å². The number of nitrogens with one attached hydrogen (secondary N) is 1. The maximum absolute atomic E-state index is 12.5. The summed E-state index contributed by atoms with van der Waals surface area (Å²) in [6, 6.07) is 17.8. The summed E-state index contributed by atoms with van der Waals surface area (Å²) >= 11 is 0. The molecule has 2 aromatic carbocycles. The molecule has 1 N–H and O–H groups in total. The zero-order valence-electron chi connectivity index (χ0n) is 16.1. The molecule has 4 rings (SSSR count). The van der Waals surface area contributed by atoms with Gasteiger partial charge in [0.2, 0.25) is 5.89 Å². The first kappa shape index (κ1) is 18.4. The third kappa shape index (κ3) is 4.12. The lowest BCUT2D eigenvalue weighted by atomic mass is 10.1. The largest absolute Gasteiger partial charge is 0.348 e. The molecule has 1 saturated heterocycles. The molecule has 0 radical (unpaired) electrons. The molecule has 0 spiro atoms. The number of likely N-dealkylation sites (tertiary alicyclic amines) is 1. The third-order valence-electron chi connectivity index (χ3n) is 5.17. The molecule has 1 aromatic heterocycles. The molecule has 1 amide bonds. The Balaban J connectivity index is 1.39. The van der Waals surface area contributed by atoms with Crippen molar-refractivity contribution in [3.05, 3.63) is 83.0 Å². The van der Waals surface area contributed by atoms with Crippen molar-refractivity contribution in [2.75, 3.05) is 13.6 Å². The molecule has 28 heavy (non-hydrogen) atoms. The van der Waals surface area contributed by atoms with Crippen LogP contribution in [0.3, 0.4) is 0 Å². The lowest BCUT2D eigenvalue weighted by molar-refractivity contribution is 0.0938. The topological polar surface area (TPSA) is 71.3 Å². The Morgan fingerprint density at radius 2 is 1.93 bits per heavy atom. The number of nitrogens with zero attached hydrogens (tertiary/aromatic N) is 3. The standard InChI is InChI=1S/C22H24N4O2/c1-15-8-10-17(11-9-15)21(27)23-18-13-19(26(2)14-18)22-24-20(25-28-22)12-16-6-4-3-5-7-16/h3-11,18-19H,12-14H2,1-2H3,(H,23,27). The van der Waals surface area contributed by atoms with E-state index in [0.29, 0.717) is 23.7 Å². The fraction of sp³-hybridized carbons (Fsp3) is 0.318. The number of carbonyl (C=O) groups excluding carboxylic acids is 1. The Morgan fingerprint density at radius 1 is 1.18 bits per heavy atom. The van der Waals surface area contributed by atoms with E-state index in [1.165, 1.54) is 0 Å². The van der Waals surface area contributed by atoms with Gasteiger partial charge in [-0.1, -0.05) is 53.2 Å². The van der Waals surface area contributed by atoms with Crippen LogP contribution in [0.2, 0.25) is 0 Å². The SMILES string of the molecule is Cc1ccc(C(=O)NC2CC(c3nc(Cc4ccccc4)no3)N(C)C2)cc1. The van der Waals surface area contributed by atoms with Gasteiger partial charge in [-0.25, -0.2) is 0 Å². The van der Waals surface area contributed by atoms with Crippen molar-refractivity contribution in [1.29, 1.82) is 0 Å². The zero-order chi connectivity index (χ0) is 19.5. The first-order chi connectivity index (χ1) is 13.6. The monoisotopic (exact) mass is 376 g/mol. The highest BCUT2D eigenvalue weighted by Gasteiger charge is 2.35. The van der Waals surface area contributed by atoms with Crippen molar-refractivity contribution in [1.82, 2.24) is 20.4 Å². The number of aryl methyl sites for hydroxylation is 1. The number of hydrogen-bond donors (Lipinski definition) is 1. The molecule has 6 nitrogen and oxygen atoms in total. The molecular formula is C22H24N4O2. The molecule has 3 aromatic rings. The fourth-order valence-corrected chi connectivity index (χ4v) is 3.62. The molecule has 2 atom stereocenters. The van der Waals surface area contributed by atoms with Crippen molar-refractivity contribution >= 4 is 5.91 Å². The van der Waals surface area contributed by atoms with Crippen LogP contribution in [0.5, 0.6) is 0 Å². The average Bonchev–Trinajstić information content (AvgIpc) is 3.29. The van der Waals surface area contributed by atoms with E-state index in [9.17, 15) is 4.79 Å². The van der Waals surface area contributed by atoms with E-state index < -0.39 is 0 Å². The normalized spacial score (nSPS) is 19.6. The Morgan fingerprint density at radius 3 is 2.68 bits per heavy atom. The molecule has 2 heterocycles. The quantitative estimate of drug-likeness (QED) is 0.741. The Bertz CT molecular complexity index is 937. The summed E-state index contributed by atoms with van der Waals surface area (Å²) in [4.78, 5) is 19.2. The highest BCUT2D eigenvalue weighted by Crippen LogP contribution is 2.30. The van der Waals surface area contributed by atoms with Gasteiger partial charge >= 0.3 is 0 Å². The minimum Gasteiger partial charge on any atom is -0.348 e. The van der Waals surface area contributed by atoms with Crippen LogP contribution in [0.4, 0.5) is 0 Å². The third-order valence-corrected chi connectivity index (χ3v) is 5.17. The van der Waals surface area contributed by atoms with Crippen molar-refractivity contribution in [2.45, 2.75) is 31.8 Å². The van der Waals surface area contributed by atoms with Gasteiger partial charge in [-0.3, -0.25) is 9.69 Å². The van der Waals surface area contributed by atoms with Crippen LogP contribution < -0.4 is 5.32 Å². The first-order valence-electron chi connectivity index (χ1n) is 9.52. The average molecular weight is 376 g/mol. The smallest absolute Gasteiger partial charge is 0.251 e. The maximum atomic E-state index is 12.5. The summed E-state index contributed by atoms with van der Waals surface area (Å²) in [6.45, 7) is 2.76. The summed E-state index contributed by atoms with van der Waals surface area (Å²) in [6.07, 6.45) is 1.40. The van der Waals surface area contributed by atoms with Crippen LogP contribution in [-0.4, -0.2) is 40.6 Å². The van der Waals surface area contributed by atoms with Crippen LogP contribution in [0.15, 0.2) is 59.1 Å². The number of aromatic nitrogens is 2. The molecular weight excluding hydrogens is 352 g/mol. The molecule has 2 unspecified atom stereocenters. The number of benzene rings is 2. The first-order valence-corrected chi connectivity index (χ1v) is 9.52. The Hall–Kier alpha value is -2.99. The lowest BCUT2D eigenvalue weighted by Crippen LogP contribution is -2.36. The Labute approximate surface area is 164 Å². The van der Waals surface area contributed by atoms with Crippen molar-refractivity contribution in [3.8, 4) is 0 Å². The van der Waals surface area contributed by atoms with Gasteiger partial charge < -0.3 is 9.84 Å². The van der Waals surface area contributed by atoms with E-state index in [4.69, 9.17) is 4.52 Å². The summed E-state index contributed by atoms with van der Waals surface area (Å²) < 4.78 is 5.53. The summed E-state index contributed by atoms with van der Waals surface area (Å²) in [5, 5.41) is 7.25. The zero-order valence-corrected chi connectivity index (χ0v) is 16.1. The molecule has 1 aliphatic heterocycles.